The van der Waals surface area contributed by atoms with Gasteiger partial charge in [-0.2, -0.15) is 0 Å². The summed E-state index contributed by atoms with van der Waals surface area (Å²) in [6, 6.07) is 17.6. The van der Waals surface area contributed by atoms with E-state index in [0.717, 1.165) is 16.6 Å². The summed E-state index contributed by atoms with van der Waals surface area (Å²) in [6.45, 7) is 0.336. The standard InChI is InChI=1S/C24H19N3O5S/c28-15-17-7-3-11-20-22(17)23(29)27(24(30)25-20)18-9-4-10-19(14-18)33(31,32)26-13-5-8-16-6-1-2-12-21(16)26/h1-4,6-7,9-12,14-15H,5,8,13H2,(H,25,30). The number of H-pyrrole nitrogens is 1. The van der Waals surface area contributed by atoms with Crippen LogP contribution in [-0.2, 0) is 16.4 Å². The van der Waals surface area contributed by atoms with E-state index in [4.69, 9.17) is 0 Å². The number of aromatic nitrogens is 2. The number of hydrogen-bond donors (Lipinski definition) is 1. The average molecular weight is 461 g/mol. The molecule has 166 valence electrons. The van der Waals surface area contributed by atoms with Crippen LogP contribution >= 0.6 is 0 Å². The molecule has 1 aromatic heterocycles. The third-order valence-electron chi connectivity index (χ3n) is 5.82. The minimum Gasteiger partial charge on any atom is -0.306 e. The van der Waals surface area contributed by atoms with Crippen LogP contribution < -0.4 is 15.6 Å². The van der Waals surface area contributed by atoms with Crippen LogP contribution in [0.5, 0.6) is 0 Å². The van der Waals surface area contributed by atoms with E-state index in [9.17, 15) is 22.8 Å². The zero-order chi connectivity index (χ0) is 23.2. The summed E-state index contributed by atoms with van der Waals surface area (Å²) >= 11 is 0. The smallest absolute Gasteiger partial charge is 0.306 e. The van der Waals surface area contributed by atoms with Gasteiger partial charge in [0.15, 0.2) is 6.29 Å². The van der Waals surface area contributed by atoms with Gasteiger partial charge in [0, 0.05) is 12.1 Å². The summed E-state index contributed by atoms with van der Waals surface area (Å²) in [7, 11) is -3.94. The normalized spacial score (nSPS) is 13.6. The van der Waals surface area contributed by atoms with E-state index in [1.54, 1.807) is 18.2 Å². The molecule has 0 aliphatic carbocycles. The van der Waals surface area contributed by atoms with Gasteiger partial charge in [-0.1, -0.05) is 36.4 Å². The number of anilines is 1. The molecule has 2 heterocycles. The molecule has 0 saturated heterocycles. The molecule has 1 N–H and O–H groups in total. The number of sulfonamides is 1. The van der Waals surface area contributed by atoms with E-state index in [2.05, 4.69) is 4.98 Å². The molecule has 5 rings (SSSR count). The van der Waals surface area contributed by atoms with Crippen LogP contribution in [0.15, 0.2) is 81.2 Å². The zero-order valence-corrected chi connectivity index (χ0v) is 18.2. The Morgan fingerprint density at radius 3 is 2.55 bits per heavy atom. The fourth-order valence-corrected chi connectivity index (χ4v) is 5.86. The van der Waals surface area contributed by atoms with Crippen LogP contribution in [0.3, 0.4) is 0 Å². The Morgan fingerprint density at radius 2 is 1.73 bits per heavy atom. The Labute approximate surface area is 188 Å². The quantitative estimate of drug-likeness (QED) is 0.470. The van der Waals surface area contributed by atoms with Crippen molar-refractivity contribution in [1.82, 2.24) is 9.55 Å². The number of benzene rings is 3. The maximum absolute atomic E-state index is 13.5. The third-order valence-corrected chi connectivity index (χ3v) is 7.63. The van der Waals surface area contributed by atoms with Crippen LogP contribution in [0.2, 0.25) is 0 Å². The van der Waals surface area contributed by atoms with Gasteiger partial charge in [-0.3, -0.25) is 13.9 Å². The minimum absolute atomic E-state index is 0.0354. The van der Waals surface area contributed by atoms with E-state index in [1.165, 1.54) is 40.7 Å². The van der Waals surface area contributed by atoms with Crippen molar-refractivity contribution in [3.63, 3.8) is 0 Å². The third kappa shape index (κ3) is 3.37. The lowest BCUT2D eigenvalue weighted by Crippen LogP contribution is -2.36. The van der Waals surface area contributed by atoms with Gasteiger partial charge in [-0.25, -0.2) is 17.8 Å². The van der Waals surface area contributed by atoms with Gasteiger partial charge in [0.1, 0.15) is 0 Å². The molecule has 8 nitrogen and oxygen atoms in total. The molecule has 4 aromatic rings. The van der Waals surface area contributed by atoms with Gasteiger partial charge < -0.3 is 4.98 Å². The summed E-state index contributed by atoms with van der Waals surface area (Å²) in [5, 5.41) is 0.0605. The van der Waals surface area contributed by atoms with E-state index in [-0.39, 0.29) is 27.0 Å². The summed E-state index contributed by atoms with van der Waals surface area (Å²) in [5.41, 5.74) is 0.617. The van der Waals surface area contributed by atoms with Crippen molar-refractivity contribution in [2.75, 3.05) is 10.8 Å². The predicted octanol–water partition coefficient (Wildman–Crippen LogP) is 2.63. The van der Waals surface area contributed by atoms with Crippen LogP contribution in [0.1, 0.15) is 22.3 Å². The van der Waals surface area contributed by atoms with Crippen molar-refractivity contribution in [2.45, 2.75) is 17.7 Å². The second-order valence-corrected chi connectivity index (χ2v) is 9.63. The first-order valence-electron chi connectivity index (χ1n) is 10.4. The molecule has 0 radical (unpaired) electrons. The number of rotatable bonds is 4. The van der Waals surface area contributed by atoms with Crippen LogP contribution in [0.4, 0.5) is 5.69 Å². The van der Waals surface area contributed by atoms with Crippen molar-refractivity contribution >= 4 is 32.9 Å². The molecule has 0 saturated carbocycles. The van der Waals surface area contributed by atoms with Gasteiger partial charge in [-0.05, 0) is 48.7 Å². The van der Waals surface area contributed by atoms with E-state index in [1.807, 2.05) is 12.1 Å². The first-order chi connectivity index (χ1) is 15.9. The molecule has 0 amide bonds. The summed E-state index contributed by atoms with van der Waals surface area (Å²) in [4.78, 5) is 39.9. The van der Waals surface area contributed by atoms with Crippen molar-refractivity contribution in [1.29, 1.82) is 0 Å². The first kappa shape index (κ1) is 20.9. The highest BCUT2D eigenvalue weighted by Crippen LogP contribution is 2.32. The molecule has 3 aromatic carbocycles. The Hall–Kier alpha value is -3.98. The van der Waals surface area contributed by atoms with Gasteiger partial charge in [-0.15, -0.1) is 0 Å². The van der Waals surface area contributed by atoms with Gasteiger partial charge in [0.2, 0.25) is 0 Å². The maximum Gasteiger partial charge on any atom is 0.333 e. The highest BCUT2D eigenvalue weighted by atomic mass is 32.2. The number of carbonyl (C=O) groups is 1. The Balaban J connectivity index is 1.68. The molecule has 0 spiro atoms. The number of aldehydes is 1. The highest BCUT2D eigenvalue weighted by Gasteiger charge is 2.29. The van der Waals surface area contributed by atoms with Crippen molar-refractivity contribution < 1.29 is 13.2 Å². The maximum atomic E-state index is 13.5. The number of nitrogens with one attached hydrogen (secondary N) is 1. The van der Waals surface area contributed by atoms with Gasteiger partial charge in [0.05, 0.1) is 27.2 Å². The number of aryl methyl sites for hydroxylation is 1. The topological polar surface area (TPSA) is 109 Å². The largest absolute Gasteiger partial charge is 0.333 e. The number of carbonyl (C=O) groups excluding carboxylic acids is 1. The highest BCUT2D eigenvalue weighted by molar-refractivity contribution is 7.92. The molecular formula is C24H19N3O5S. The fourth-order valence-electron chi connectivity index (χ4n) is 4.28. The summed E-state index contributed by atoms with van der Waals surface area (Å²) in [6.07, 6.45) is 2.03. The number of fused-ring (bicyclic) bond motifs is 2. The molecule has 33 heavy (non-hydrogen) atoms. The first-order valence-corrected chi connectivity index (χ1v) is 11.8. The lowest BCUT2D eigenvalue weighted by molar-refractivity contribution is 0.112. The van der Waals surface area contributed by atoms with Gasteiger partial charge in [0.25, 0.3) is 15.6 Å². The second kappa shape index (κ2) is 7.86. The Bertz CT molecular complexity index is 1640. The minimum atomic E-state index is -3.94. The molecule has 0 unspecified atom stereocenters. The number of nitrogens with zero attached hydrogens (tertiary/aromatic N) is 2. The van der Waals surface area contributed by atoms with Crippen molar-refractivity contribution in [3.05, 3.63) is 98.7 Å². The summed E-state index contributed by atoms with van der Waals surface area (Å²) < 4.78 is 29.3. The average Bonchev–Trinajstić information content (AvgIpc) is 2.83. The number of aromatic amines is 1. The predicted molar refractivity (Wildman–Crippen MR) is 125 cm³/mol. The van der Waals surface area contributed by atoms with E-state index >= 15 is 0 Å². The molecule has 1 aliphatic heterocycles. The van der Waals surface area contributed by atoms with E-state index < -0.39 is 21.3 Å². The lowest BCUT2D eigenvalue weighted by atomic mass is 10.0. The molecule has 1 aliphatic rings. The molecule has 0 fully saturated rings. The Morgan fingerprint density at radius 1 is 0.939 bits per heavy atom. The molecule has 9 heteroatoms. The van der Waals surface area contributed by atoms with Crippen LogP contribution in [0.25, 0.3) is 16.6 Å². The summed E-state index contributed by atoms with van der Waals surface area (Å²) in [5.74, 6) is 0. The molecular weight excluding hydrogens is 442 g/mol. The number of para-hydroxylation sites is 1. The Kier molecular flexibility index (Phi) is 4.98. The van der Waals surface area contributed by atoms with Crippen molar-refractivity contribution in [2.24, 2.45) is 0 Å². The van der Waals surface area contributed by atoms with Crippen molar-refractivity contribution in [3.8, 4) is 5.69 Å². The SMILES string of the molecule is O=Cc1cccc2[nH]c(=O)n(-c3cccc(S(=O)(=O)N4CCCc5ccccc54)c3)c(=O)c12. The fraction of sp³-hybridized carbons (Fsp3) is 0.125. The number of hydrogen-bond acceptors (Lipinski definition) is 5. The van der Waals surface area contributed by atoms with Crippen LogP contribution in [-0.4, -0.2) is 30.8 Å². The van der Waals surface area contributed by atoms with E-state index in [0.29, 0.717) is 24.9 Å². The second-order valence-electron chi connectivity index (χ2n) is 7.77. The monoisotopic (exact) mass is 461 g/mol. The molecule has 0 bridgehead atoms. The van der Waals surface area contributed by atoms with Gasteiger partial charge >= 0.3 is 5.69 Å². The lowest BCUT2D eigenvalue weighted by Gasteiger charge is -2.30. The zero-order valence-electron chi connectivity index (χ0n) is 17.4. The van der Waals surface area contributed by atoms with Crippen LogP contribution in [0, 0.1) is 0 Å². The molecule has 0 atom stereocenters.